The largest absolute Gasteiger partial charge is 0.496 e. The quantitative estimate of drug-likeness (QED) is 0.918. The summed E-state index contributed by atoms with van der Waals surface area (Å²) in [5.41, 5.74) is 9.92. The van der Waals surface area contributed by atoms with Crippen LogP contribution in [0.25, 0.3) is 0 Å². The van der Waals surface area contributed by atoms with Gasteiger partial charge in [-0.2, -0.15) is 0 Å². The number of nitrogens with two attached hydrogens (primary N) is 1. The summed E-state index contributed by atoms with van der Waals surface area (Å²) in [4.78, 5) is 1.12. The highest BCUT2D eigenvalue weighted by Gasteiger charge is 2.15. The number of rotatable bonds is 3. The maximum Gasteiger partial charge on any atom is 0.129 e. The molecule has 0 aliphatic rings. The van der Waals surface area contributed by atoms with E-state index in [1.54, 1.807) is 18.4 Å². The maximum absolute atomic E-state index is 6.34. The Morgan fingerprint density at radius 2 is 1.94 bits per heavy atom. The average Bonchev–Trinajstić information content (AvgIpc) is 2.81. The van der Waals surface area contributed by atoms with Crippen LogP contribution in [0.3, 0.4) is 0 Å². The van der Waals surface area contributed by atoms with Crippen molar-refractivity contribution in [3.8, 4) is 5.75 Å². The monoisotopic (exact) mass is 325 g/mol. The fraction of sp³-hybridized carbons (Fsp3) is 0.286. The second-order valence-electron chi connectivity index (χ2n) is 4.32. The molecule has 1 aromatic heterocycles. The first-order valence-corrected chi connectivity index (χ1v) is 7.35. The van der Waals surface area contributed by atoms with E-state index in [2.05, 4.69) is 41.9 Å². The van der Waals surface area contributed by atoms with Crippen molar-refractivity contribution in [2.24, 2.45) is 5.73 Å². The van der Waals surface area contributed by atoms with Crippen molar-refractivity contribution in [1.82, 2.24) is 0 Å². The first kappa shape index (κ1) is 13.6. The van der Waals surface area contributed by atoms with Crippen LogP contribution in [0.1, 0.15) is 27.6 Å². The van der Waals surface area contributed by atoms with Gasteiger partial charge in [-0.25, -0.2) is 0 Å². The van der Waals surface area contributed by atoms with Gasteiger partial charge in [-0.3, -0.25) is 0 Å². The van der Waals surface area contributed by atoms with Gasteiger partial charge in [0.05, 0.1) is 13.2 Å². The minimum absolute atomic E-state index is 0.0919. The second kappa shape index (κ2) is 5.43. The third-order valence-electron chi connectivity index (χ3n) is 3.02. The summed E-state index contributed by atoms with van der Waals surface area (Å²) in [7, 11) is 1.67. The highest BCUT2D eigenvalue weighted by molar-refractivity contribution is 9.10. The highest BCUT2D eigenvalue weighted by Crippen LogP contribution is 2.32. The Kier molecular flexibility index (Phi) is 4.10. The normalized spacial score (nSPS) is 12.5. The number of thiophene rings is 1. The molecule has 0 amide bonds. The number of aryl methyl sites for hydroxylation is 2. The molecule has 18 heavy (non-hydrogen) atoms. The van der Waals surface area contributed by atoms with Crippen LogP contribution >= 0.6 is 27.3 Å². The molecule has 1 heterocycles. The van der Waals surface area contributed by atoms with E-state index in [0.717, 1.165) is 15.1 Å². The standard InChI is InChI=1S/C14H16BrNOS/c1-8-5-12(15)9(2)4-11(8)14(16)13-6-10(17-3)7-18-13/h4-7,14H,16H2,1-3H3. The van der Waals surface area contributed by atoms with Gasteiger partial charge in [-0.15, -0.1) is 11.3 Å². The summed E-state index contributed by atoms with van der Waals surface area (Å²) in [6.45, 7) is 4.17. The van der Waals surface area contributed by atoms with Crippen molar-refractivity contribution in [2.45, 2.75) is 19.9 Å². The molecule has 0 saturated heterocycles. The van der Waals surface area contributed by atoms with Crippen molar-refractivity contribution in [3.05, 3.63) is 49.6 Å². The number of ether oxygens (including phenoxy) is 1. The van der Waals surface area contributed by atoms with E-state index in [0.29, 0.717) is 0 Å². The smallest absolute Gasteiger partial charge is 0.129 e. The minimum atomic E-state index is -0.0919. The molecule has 2 rings (SSSR count). The van der Waals surface area contributed by atoms with Crippen LogP contribution in [0, 0.1) is 13.8 Å². The first-order valence-electron chi connectivity index (χ1n) is 5.67. The van der Waals surface area contributed by atoms with Gasteiger partial charge in [0, 0.05) is 14.7 Å². The lowest BCUT2D eigenvalue weighted by molar-refractivity contribution is 0.416. The lowest BCUT2D eigenvalue weighted by Gasteiger charge is -2.15. The second-order valence-corrected chi connectivity index (χ2v) is 6.12. The van der Waals surface area contributed by atoms with Crippen molar-refractivity contribution in [1.29, 1.82) is 0 Å². The number of halogens is 1. The van der Waals surface area contributed by atoms with Crippen LogP contribution in [0.4, 0.5) is 0 Å². The summed E-state index contributed by atoms with van der Waals surface area (Å²) in [5.74, 6) is 0.872. The summed E-state index contributed by atoms with van der Waals surface area (Å²) in [6, 6.07) is 6.18. The molecule has 96 valence electrons. The summed E-state index contributed by atoms with van der Waals surface area (Å²) in [5, 5.41) is 1.98. The fourth-order valence-corrected chi connectivity index (χ4v) is 3.23. The molecule has 0 aliphatic carbocycles. The molecule has 0 radical (unpaired) electrons. The molecule has 0 spiro atoms. The Hall–Kier alpha value is -0.840. The van der Waals surface area contributed by atoms with Crippen molar-refractivity contribution >= 4 is 27.3 Å². The molecular formula is C14H16BrNOS. The number of hydrogen-bond donors (Lipinski definition) is 1. The zero-order valence-corrected chi connectivity index (χ0v) is 13.1. The minimum Gasteiger partial charge on any atom is -0.496 e. The van der Waals surface area contributed by atoms with E-state index in [4.69, 9.17) is 10.5 Å². The lowest BCUT2D eigenvalue weighted by atomic mass is 9.98. The molecule has 0 fully saturated rings. The van der Waals surface area contributed by atoms with Crippen LogP contribution in [-0.2, 0) is 0 Å². The van der Waals surface area contributed by atoms with Gasteiger partial charge < -0.3 is 10.5 Å². The maximum atomic E-state index is 6.34. The van der Waals surface area contributed by atoms with E-state index in [9.17, 15) is 0 Å². The number of hydrogen-bond acceptors (Lipinski definition) is 3. The van der Waals surface area contributed by atoms with Crippen molar-refractivity contribution < 1.29 is 4.74 Å². The van der Waals surface area contributed by atoms with Gasteiger partial charge in [-0.05, 0) is 42.7 Å². The van der Waals surface area contributed by atoms with Crippen LogP contribution < -0.4 is 10.5 Å². The Labute approximate surface area is 120 Å². The molecule has 2 nitrogen and oxygen atoms in total. The molecule has 2 N–H and O–H groups in total. The Bertz CT molecular complexity index is 565. The molecule has 1 unspecified atom stereocenters. The van der Waals surface area contributed by atoms with Crippen LogP contribution in [0.2, 0.25) is 0 Å². The lowest BCUT2D eigenvalue weighted by Crippen LogP contribution is -2.12. The average molecular weight is 326 g/mol. The number of methoxy groups -OCH3 is 1. The van der Waals surface area contributed by atoms with E-state index >= 15 is 0 Å². The molecule has 2 aromatic rings. The van der Waals surface area contributed by atoms with Crippen molar-refractivity contribution in [3.63, 3.8) is 0 Å². The Morgan fingerprint density at radius 1 is 1.22 bits per heavy atom. The summed E-state index contributed by atoms with van der Waals surface area (Å²) in [6.07, 6.45) is 0. The van der Waals surface area contributed by atoms with Gasteiger partial charge in [-0.1, -0.05) is 22.0 Å². The fourth-order valence-electron chi connectivity index (χ4n) is 1.90. The topological polar surface area (TPSA) is 35.2 Å². The molecule has 0 aliphatic heterocycles. The predicted molar refractivity (Wildman–Crippen MR) is 80.5 cm³/mol. The molecule has 4 heteroatoms. The van der Waals surface area contributed by atoms with Gasteiger partial charge in [0.15, 0.2) is 0 Å². The third-order valence-corrected chi connectivity index (χ3v) is 4.87. The van der Waals surface area contributed by atoms with Gasteiger partial charge >= 0.3 is 0 Å². The summed E-state index contributed by atoms with van der Waals surface area (Å²) >= 11 is 5.18. The van der Waals surface area contributed by atoms with Crippen LogP contribution in [0.15, 0.2) is 28.1 Å². The van der Waals surface area contributed by atoms with Gasteiger partial charge in [0.2, 0.25) is 0 Å². The highest BCUT2D eigenvalue weighted by atomic mass is 79.9. The zero-order valence-electron chi connectivity index (χ0n) is 10.7. The Morgan fingerprint density at radius 3 is 2.56 bits per heavy atom. The van der Waals surface area contributed by atoms with Gasteiger partial charge in [0.25, 0.3) is 0 Å². The van der Waals surface area contributed by atoms with Crippen LogP contribution in [0.5, 0.6) is 5.75 Å². The molecular weight excluding hydrogens is 310 g/mol. The predicted octanol–water partition coefficient (Wildman–Crippen LogP) is 4.18. The summed E-state index contributed by atoms with van der Waals surface area (Å²) < 4.78 is 6.33. The molecule has 0 bridgehead atoms. The molecule has 1 atom stereocenters. The van der Waals surface area contributed by atoms with E-state index in [-0.39, 0.29) is 6.04 Å². The Balaban J connectivity index is 2.39. The van der Waals surface area contributed by atoms with Crippen LogP contribution in [-0.4, -0.2) is 7.11 Å². The SMILES string of the molecule is COc1csc(C(N)c2cc(C)c(Br)cc2C)c1. The molecule has 0 saturated carbocycles. The molecule has 1 aromatic carbocycles. The van der Waals surface area contributed by atoms with E-state index in [1.807, 2.05) is 11.4 Å². The first-order chi connectivity index (χ1) is 8.52. The number of benzene rings is 1. The van der Waals surface area contributed by atoms with E-state index in [1.165, 1.54) is 16.7 Å². The van der Waals surface area contributed by atoms with Crippen molar-refractivity contribution in [2.75, 3.05) is 7.11 Å². The third kappa shape index (κ3) is 2.60. The zero-order chi connectivity index (χ0) is 13.3. The van der Waals surface area contributed by atoms with E-state index < -0.39 is 0 Å². The van der Waals surface area contributed by atoms with Gasteiger partial charge in [0.1, 0.15) is 5.75 Å².